The van der Waals surface area contributed by atoms with E-state index in [9.17, 15) is 10.1 Å². The number of hydrazine groups is 1. The summed E-state index contributed by atoms with van der Waals surface area (Å²) in [6.07, 6.45) is 1.85. The van der Waals surface area contributed by atoms with Crippen molar-refractivity contribution in [3.63, 3.8) is 0 Å². The van der Waals surface area contributed by atoms with Crippen molar-refractivity contribution in [1.82, 2.24) is 4.98 Å². The lowest BCUT2D eigenvalue weighted by Gasteiger charge is -2.06. The predicted molar refractivity (Wildman–Crippen MR) is 59.1 cm³/mol. The van der Waals surface area contributed by atoms with Gasteiger partial charge in [0, 0.05) is 0 Å². The summed E-state index contributed by atoms with van der Waals surface area (Å²) in [5.41, 5.74) is 2.16. The number of unbranched alkanes of at least 4 members (excludes halogenated alkanes) is 1. The number of nitrogen functional groups attached to an aromatic ring is 1. The van der Waals surface area contributed by atoms with E-state index in [1.165, 1.54) is 12.1 Å². The molecule has 1 heterocycles. The lowest BCUT2D eigenvalue weighted by Crippen LogP contribution is -2.10. The van der Waals surface area contributed by atoms with E-state index in [2.05, 4.69) is 10.4 Å². The number of ether oxygens (including phenoxy) is 1. The van der Waals surface area contributed by atoms with Gasteiger partial charge in [-0.25, -0.2) is 5.84 Å². The van der Waals surface area contributed by atoms with Crippen LogP contribution in [0.3, 0.4) is 0 Å². The second-order valence-corrected chi connectivity index (χ2v) is 3.15. The van der Waals surface area contributed by atoms with Crippen molar-refractivity contribution in [2.24, 2.45) is 5.84 Å². The summed E-state index contributed by atoms with van der Waals surface area (Å²) < 4.78 is 5.27. The number of rotatable bonds is 6. The van der Waals surface area contributed by atoms with Crippen LogP contribution in [0, 0.1) is 10.1 Å². The molecule has 0 aliphatic heterocycles. The second kappa shape index (κ2) is 5.86. The number of nitrogens with one attached hydrogen (secondary N) is 1. The van der Waals surface area contributed by atoms with Crippen LogP contribution in [0.15, 0.2) is 12.1 Å². The molecule has 0 atom stereocenters. The Kier molecular flexibility index (Phi) is 4.46. The maximum atomic E-state index is 10.6. The van der Waals surface area contributed by atoms with Gasteiger partial charge >= 0.3 is 0 Å². The van der Waals surface area contributed by atoms with Crippen LogP contribution in [0.25, 0.3) is 0 Å². The molecule has 0 amide bonds. The van der Waals surface area contributed by atoms with Crippen LogP contribution >= 0.6 is 0 Å². The maximum Gasteiger partial charge on any atom is 0.278 e. The van der Waals surface area contributed by atoms with Gasteiger partial charge in [0.05, 0.1) is 23.7 Å². The number of hydrogen-bond acceptors (Lipinski definition) is 6. The first kappa shape index (κ1) is 12.2. The van der Waals surface area contributed by atoms with Crippen molar-refractivity contribution in [1.29, 1.82) is 0 Å². The van der Waals surface area contributed by atoms with Gasteiger partial charge in [0.1, 0.15) is 0 Å². The third kappa shape index (κ3) is 3.35. The first-order valence-corrected chi connectivity index (χ1v) is 4.93. The molecule has 0 radical (unpaired) electrons. The smallest absolute Gasteiger partial charge is 0.278 e. The highest BCUT2D eigenvalue weighted by atomic mass is 16.6. The number of aromatic nitrogens is 1. The first-order chi connectivity index (χ1) is 7.67. The van der Waals surface area contributed by atoms with E-state index < -0.39 is 4.92 Å². The van der Waals surface area contributed by atoms with Gasteiger partial charge in [-0.3, -0.25) is 10.1 Å². The van der Waals surface area contributed by atoms with E-state index in [0.29, 0.717) is 6.61 Å². The fourth-order valence-electron chi connectivity index (χ4n) is 1.07. The minimum absolute atomic E-state index is 0.102. The zero-order valence-electron chi connectivity index (χ0n) is 8.97. The lowest BCUT2D eigenvalue weighted by atomic mass is 10.3. The Morgan fingerprint density at radius 2 is 2.38 bits per heavy atom. The zero-order chi connectivity index (χ0) is 12.0. The number of pyridine rings is 1. The Morgan fingerprint density at radius 3 is 2.94 bits per heavy atom. The predicted octanol–water partition coefficient (Wildman–Crippen LogP) is 1.45. The van der Waals surface area contributed by atoms with Crippen LogP contribution in [0.4, 0.5) is 11.5 Å². The Bertz CT molecular complexity index is 370. The number of hydrogen-bond donors (Lipinski definition) is 2. The molecule has 0 fully saturated rings. The average Bonchev–Trinajstić information content (AvgIpc) is 2.29. The molecule has 7 heteroatoms. The van der Waals surface area contributed by atoms with Crippen LogP contribution in [-0.2, 0) is 0 Å². The molecule has 7 nitrogen and oxygen atoms in total. The minimum Gasteiger partial charge on any atom is -0.477 e. The lowest BCUT2D eigenvalue weighted by molar-refractivity contribution is -0.384. The Hall–Kier alpha value is -1.89. The first-order valence-electron chi connectivity index (χ1n) is 4.93. The molecule has 0 aromatic carbocycles. The molecule has 0 aliphatic carbocycles. The van der Waals surface area contributed by atoms with Gasteiger partial charge < -0.3 is 10.2 Å². The quantitative estimate of drug-likeness (QED) is 0.329. The zero-order valence-corrected chi connectivity index (χ0v) is 8.97. The van der Waals surface area contributed by atoms with Gasteiger partial charge in [0.2, 0.25) is 5.88 Å². The molecule has 3 N–H and O–H groups in total. The van der Waals surface area contributed by atoms with E-state index >= 15 is 0 Å². The molecular weight excluding hydrogens is 212 g/mol. The van der Waals surface area contributed by atoms with E-state index in [-0.39, 0.29) is 17.4 Å². The summed E-state index contributed by atoms with van der Waals surface area (Å²) in [6.45, 7) is 2.51. The molecule has 16 heavy (non-hydrogen) atoms. The van der Waals surface area contributed by atoms with Crippen LogP contribution in [-0.4, -0.2) is 16.5 Å². The monoisotopic (exact) mass is 226 g/mol. The minimum atomic E-state index is -0.519. The summed E-state index contributed by atoms with van der Waals surface area (Å²) in [6, 6.07) is 2.52. The van der Waals surface area contributed by atoms with Gasteiger partial charge in [-0.05, 0) is 6.42 Å². The third-order valence-electron chi connectivity index (χ3n) is 1.89. The van der Waals surface area contributed by atoms with Crippen LogP contribution in [0.5, 0.6) is 5.88 Å². The Morgan fingerprint density at radius 1 is 1.62 bits per heavy atom. The molecule has 0 bridgehead atoms. The normalized spacial score (nSPS) is 9.88. The SMILES string of the molecule is CCCCOc1cc([N+](=O)[O-])cc(NN)n1. The highest BCUT2D eigenvalue weighted by Crippen LogP contribution is 2.21. The van der Waals surface area contributed by atoms with Gasteiger partial charge in [-0.15, -0.1) is 0 Å². The molecule has 1 aromatic heterocycles. The van der Waals surface area contributed by atoms with Crippen molar-refractivity contribution in [3.05, 3.63) is 22.2 Å². The second-order valence-electron chi connectivity index (χ2n) is 3.15. The van der Waals surface area contributed by atoms with Crippen molar-refractivity contribution < 1.29 is 9.66 Å². The largest absolute Gasteiger partial charge is 0.477 e. The Balaban J connectivity index is 2.82. The molecule has 0 unspecified atom stereocenters. The molecule has 88 valence electrons. The summed E-state index contributed by atoms with van der Waals surface area (Å²) in [7, 11) is 0. The Labute approximate surface area is 92.7 Å². The summed E-state index contributed by atoms with van der Waals surface area (Å²) in [5, 5.41) is 10.6. The van der Waals surface area contributed by atoms with Crippen molar-refractivity contribution >= 4 is 11.5 Å². The summed E-state index contributed by atoms with van der Waals surface area (Å²) in [4.78, 5) is 14.0. The summed E-state index contributed by atoms with van der Waals surface area (Å²) in [5.74, 6) is 5.57. The van der Waals surface area contributed by atoms with Crippen molar-refractivity contribution in [2.75, 3.05) is 12.0 Å². The standard InChI is InChI=1S/C9H14N4O3/c1-2-3-4-16-9-6-7(13(14)15)5-8(11-9)12-10/h5-6H,2-4,10H2,1H3,(H,11,12). The molecule has 1 aromatic rings. The van der Waals surface area contributed by atoms with Crippen LogP contribution < -0.4 is 16.0 Å². The number of nitrogens with zero attached hydrogens (tertiary/aromatic N) is 2. The van der Waals surface area contributed by atoms with E-state index in [4.69, 9.17) is 10.6 Å². The molecule has 0 saturated heterocycles. The fourth-order valence-corrected chi connectivity index (χ4v) is 1.07. The summed E-state index contributed by atoms with van der Waals surface area (Å²) >= 11 is 0. The molecule has 0 saturated carbocycles. The van der Waals surface area contributed by atoms with Crippen molar-refractivity contribution in [2.45, 2.75) is 19.8 Å². The van der Waals surface area contributed by atoms with E-state index in [1.54, 1.807) is 0 Å². The highest BCUT2D eigenvalue weighted by Gasteiger charge is 2.11. The molecular formula is C9H14N4O3. The highest BCUT2D eigenvalue weighted by molar-refractivity contribution is 5.47. The average molecular weight is 226 g/mol. The fraction of sp³-hybridized carbons (Fsp3) is 0.444. The van der Waals surface area contributed by atoms with Gasteiger partial charge in [-0.2, -0.15) is 4.98 Å². The topological polar surface area (TPSA) is 103 Å². The van der Waals surface area contributed by atoms with Gasteiger partial charge in [-0.1, -0.05) is 13.3 Å². The van der Waals surface area contributed by atoms with Crippen molar-refractivity contribution in [3.8, 4) is 5.88 Å². The number of anilines is 1. The number of nitro groups is 1. The molecule has 0 spiro atoms. The molecule has 1 rings (SSSR count). The van der Waals surface area contributed by atoms with Crippen LogP contribution in [0.2, 0.25) is 0 Å². The maximum absolute atomic E-state index is 10.6. The van der Waals surface area contributed by atoms with E-state index in [1.807, 2.05) is 6.92 Å². The number of nitrogens with two attached hydrogens (primary N) is 1. The van der Waals surface area contributed by atoms with E-state index in [0.717, 1.165) is 12.8 Å². The van der Waals surface area contributed by atoms with Gasteiger partial charge in [0.25, 0.3) is 5.69 Å². The third-order valence-corrected chi connectivity index (χ3v) is 1.89. The van der Waals surface area contributed by atoms with Gasteiger partial charge in [0.15, 0.2) is 5.82 Å². The van der Waals surface area contributed by atoms with Crippen LogP contribution in [0.1, 0.15) is 19.8 Å². The molecule has 0 aliphatic rings.